The van der Waals surface area contributed by atoms with E-state index in [0.29, 0.717) is 0 Å². The number of alkyl halides is 2. The molecule has 9 heteroatoms. The number of carbonyl (C=O) groups is 1. The molecule has 0 saturated carbocycles. The van der Waals surface area contributed by atoms with Gasteiger partial charge < -0.3 is 15.7 Å². The highest BCUT2D eigenvalue weighted by Gasteiger charge is 2.21. The van der Waals surface area contributed by atoms with Gasteiger partial charge in [-0.1, -0.05) is 0 Å². The van der Waals surface area contributed by atoms with Crippen LogP contribution >= 0.6 is 0 Å². The first kappa shape index (κ1) is 15.8. The second kappa shape index (κ2) is 6.75. The van der Waals surface area contributed by atoms with Crippen LogP contribution in [0.25, 0.3) is 0 Å². The predicted octanol–water partition coefficient (Wildman–Crippen LogP) is 0.877. The molecule has 1 amide bonds. The number of benzene rings is 1. The molecule has 1 aromatic rings. The molecule has 0 bridgehead atoms. The number of nitro benzene ring substituents is 1. The number of nitrogens with zero attached hydrogens (tertiary/aromatic N) is 2. The summed E-state index contributed by atoms with van der Waals surface area (Å²) >= 11 is 0. The highest BCUT2D eigenvalue weighted by molar-refractivity contribution is 5.95. The summed E-state index contributed by atoms with van der Waals surface area (Å²) in [5.74, 6) is -0.777. The van der Waals surface area contributed by atoms with Crippen LogP contribution in [0.5, 0.6) is 0 Å². The number of amides is 1. The van der Waals surface area contributed by atoms with Crippen molar-refractivity contribution in [2.75, 3.05) is 25.4 Å². The maximum absolute atomic E-state index is 12.3. The molecule has 20 heavy (non-hydrogen) atoms. The summed E-state index contributed by atoms with van der Waals surface area (Å²) in [6.07, 6.45) is -2.75. The maximum atomic E-state index is 12.3. The fourth-order valence-electron chi connectivity index (χ4n) is 1.60. The van der Waals surface area contributed by atoms with Crippen LogP contribution in [0, 0.1) is 10.1 Å². The molecule has 0 unspecified atom stereocenters. The van der Waals surface area contributed by atoms with Crippen LogP contribution in [0.4, 0.5) is 20.2 Å². The Morgan fingerprint density at radius 3 is 2.60 bits per heavy atom. The zero-order chi connectivity index (χ0) is 15.3. The van der Waals surface area contributed by atoms with Crippen LogP contribution < -0.4 is 5.73 Å². The van der Waals surface area contributed by atoms with E-state index < -0.39 is 30.4 Å². The molecule has 1 rings (SSSR count). The molecule has 3 N–H and O–H groups in total. The van der Waals surface area contributed by atoms with Gasteiger partial charge in [-0.3, -0.25) is 14.9 Å². The normalized spacial score (nSPS) is 10.6. The minimum Gasteiger partial charge on any atom is -0.395 e. The number of carbonyl (C=O) groups excluding carboxylic acids is 1. The molecule has 0 aromatic heterocycles. The number of rotatable bonds is 6. The molecule has 0 aliphatic rings. The molecule has 0 heterocycles. The van der Waals surface area contributed by atoms with Gasteiger partial charge in [0.1, 0.15) is 5.69 Å². The Labute approximate surface area is 112 Å². The Bertz CT molecular complexity index is 510. The van der Waals surface area contributed by atoms with Gasteiger partial charge >= 0.3 is 0 Å². The standard InChI is InChI=1S/C11H13F2N3O4/c12-10(13)6-15(3-4-17)11(18)7-1-2-9(16(19)20)8(14)5-7/h1-2,5,10,17H,3-4,6,14H2. The molecular formula is C11H13F2N3O4. The minimum atomic E-state index is -2.75. The summed E-state index contributed by atoms with van der Waals surface area (Å²) in [5, 5.41) is 19.3. The van der Waals surface area contributed by atoms with Gasteiger partial charge in [0.2, 0.25) is 0 Å². The van der Waals surface area contributed by atoms with Gasteiger partial charge in [-0.25, -0.2) is 8.78 Å². The number of nitrogen functional groups attached to an aromatic ring is 1. The van der Waals surface area contributed by atoms with E-state index in [-0.39, 0.29) is 23.5 Å². The molecule has 0 radical (unpaired) electrons. The molecule has 0 atom stereocenters. The quantitative estimate of drug-likeness (QED) is 0.459. The second-order valence-electron chi connectivity index (χ2n) is 3.90. The van der Waals surface area contributed by atoms with Gasteiger partial charge in [0.25, 0.3) is 18.0 Å². The summed E-state index contributed by atoms with van der Waals surface area (Å²) in [7, 11) is 0. The van der Waals surface area contributed by atoms with Crippen molar-refractivity contribution in [1.82, 2.24) is 4.90 Å². The van der Waals surface area contributed by atoms with E-state index >= 15 is 0 Å². The Kier molecular flexibility index (Phi) is 5.32. The lowest BCUT2D eigenvalue weighted by Crippen LogP contribution is -2.37. The first-order valence-electron chi connectivity index (χ1n) is 5.59. The maximum Gasteiger partial charge on any atom is 0.292 e. The molecule has 7 nitrogen and oxygen atoms in total. The fraction of sp³-hybridized carbons (Fsp3) is 0.364. The largest absolute Gasteiger partial charge is 0.395 e. The Morgan fingerprint density at radius 1 is 1.50 bits per heavy atom. The first-order chi connectivity index (χ1) is 9.36. The Hall–Kier alpha value is -2.29. The van der Waals surface area contributed by atoms with Crippen LogP contribution in [-0.2, 0) is 0 Å². The van der Waals surface area contributed by atoms with E-state index in [2.05, 4.69) is 0 Å². The second-order valence-corrected chi connectivity index (χ2v) is 3.90. The fourth-order valence-corrected chi connectivity index (χ4v) is 1.60. The van der Waals surface area contributed by atoms with Crippen LogP contribution in [-0.4, -0.2) is 47.0 Å². The summed E-state index contributed by atoms with van der Waals surface area (Å²) < 4.78 is 24.7. The number of halogens is 2. The molecule has 0 spiro atoms. The monoisotopic (exact) mass is 289 g/mol. The highest BCUT2D eigenvalue weighted by Crippen LogP contribution is 2.22. The van der Waals surface area contributed by atoms with Crippen molar-refractivity contribution in [3.05, 3.63) is 33.9 Å². The Morgan fingerprint density at radius 2 is 2.15 bits per heavy atom. The van der Waals surface area contributed by atoms with E-state index in [9.17, 15) is 23.7 Å². The zero-order valence-corrected chi connectivity index (χ0v) is 10.3. The number of anilines is 1. The molecular weight excluding hydrogens is 276 g/mol. The summed E-state index contributed by atoms with van der Waals surface area (Å²) in [5.41, 5.74) is 4.77. The van der Waals surface area contributed by atoms with Crippen molar-refractivity contribution >= 4 is 17.3 Å². The SMILES string of the molecule is Nc1cc(C(=O)N(CCO)CC(F)F)ccc1[N+](=O)[O-]. The van der Waals surface area contributed by atoms with E-state index in [1.165, 1.54) is 0 Å². The van der Waals surface area contributed by atoms with Gasteiger partial charge in [-0.05, 0) is 12.1 Å². The minimum absolute atomic E-state index is 0.0535. The van der Waals surface area contributed by atoms with E-state index in [1.807, 2.05) is 0 Å². The molecule has 0 fully saturated rings. The van der Waals surface area contributed by atoms with E-state index in [1.54, 1.807) is 0 Å². The van der Waals surface area contributed by atoms with Crippen molar-refractivity contribution < 1.29 is 23.6 Å². The third-order valence-corrected chi connectivity index (χ3v) is 2.49. The van der Waals surface area contributed by atoms with Crippen LogP contribution in [0.2, 0.25) is 0 Å². The van der Waals surface area contributed by atoms with Crippen molar-refractivity contribution in [1.29, 1.82) is 0 Å². The highest BCUT2D eigenvalue weighted by atomic mass is 19.3. The molecule has 1 aromatic carbocycles. The van der Waals surface area contributed by atoms with Crippen LogP contribution in [0.3, 0.4) is 0 Å². The third-order valence-electron chi connectivity index (χ3n) is 2.49. The molecule has 110 valence electrons. The van der Waals surface area contributed by atoms with Crippen molar-refractivity contribution in [3.63, 3.8) is 0 Å². The predicted molar refractivity (Wildman–Crippen MR) is 66.5 cm³/mol. The zero-order valence-electron chi connectivity index (χ0n) is 10.3. The summed E-state index contributed by atoms with van der Waals surface area (Å²) in [6, 6.07) is 3.21. The van der Waals surface area contributed by atoms with Gasteiger partial charge in [0.05, 0.1) is 18.1 Å². The average Bonchev–Trinajstić information content (AvgIpc) is 2.36. The number of aliphatic hydroxyl groups excluding tert-OH is 1. The topological polar surface area (TPSA) is 110 Å². The lowest BCUT2D eigenvalue weighted by Gasteiger charge is -2.21. The van der Waals surface area contributed by atoms with Crippen LogP contribution in [0.15, 0.2) is 18.2 Å². The third kappa shape index (κ3) is 3.85. The van der Waals surface area contributed by atoms with E-state index in [0.717, 1.165) is 23.1 Å². The molecule has 0 saturated heterocycles. The molecule has 0 aliphatic carbocycles. The number of hydrogen-bond acceptors (Lipinski definition) is 5. The smallest absolute Gasteiger partial charge is 0.292 e. The number of nitro groups is 1. The Balaban J connectivity index is 3.00. The average molecular weight is 289 g/mol. The molecule has 0 aliphatic heterocycles. The summed E-state index contributed by atoms with van der Waals surface area (Å²) in [6.45, 7) is -1.57. The number of aliphatic hydroxyl groups is 1. The number of hydrogen-bond donors (Lipinski definition) is 2. The first-order valence-corrected chi connectivity index (χ1v) is 5.59. The van der Waals surface area contributed by atoms with Gasteiger partial charge in [0.15, 0.2) is 0 Å². The van der Waals surface area contributed by atoms with Gasteiger partial charge in [-0.15, -0.1) is 0 Å². The lowest BCUT2D eigenvalue weighted by atomic mass is 10.1. The number of nitrogens with two attached hydrogens (primary N) is 1. The van der Waals surface area contributed by atoms with Gasteiger partial charge in [-0.2, -0.15) is 0 Å². The van der Waals surface area contributed by atoms with Crippen LogP contribution in [0.1, 0.15) is 10.4 Å². The van der Waals surface area contributed by atoms with E-state index in [4.69, 9.17) is 10.8 Å². The van der Waals surface area contributed by atoms with Gasteiger partial charge in [0, 0.05) is 18.2 Å². The lowest BCUT2D eigenvalue weighted by molar-refractivity contribution is -0.383. The van der Waals surface area contributed by atoms with Crippen molar-refractivity contribution in [2.45, 2.75) is 6.43 Å². The van der Waals surface area contributed by atoms with Crippen molar-refractivity contribution in [3.8, 4) is 0 Å². The van der Waals surface area contributed by atoms with Crippen molar-refractivity contribution in [2.24, 2.45) is 0 Å². The summed E-state index contributed by atoms with van der Waals surface area (Å²) in [4.78, 5) is 22.6.